The van der Waals surface area contributed by atoms with Gasteiger partial charge < -0.3 is 14.6 Å². The van der Waals surface area contributed by atoms with Gasteiger partial charge in [-0.05, 0) is 30.7 Å². The lowest BCUT2D eigenvalue weighted by molar-refractivity contribution is -0.183. The second kappa shape index (κ2) is 8.49. The van der Waals surface area contributed by atoms with E-state index in [-0.39, 0.29) is 22.5 Å². The van der Waals surface area contributed by atoms with E-state index in [9.17, 15) is 13.5 Å². The van der Waals surface area contributed by atoms with Gasteiger partial charge in [-0.15, -0.1) is 0 Å². The molecule has 1 heterocycles. The van der Waals surface area contributed by atoms with E-state index < -0.39 is 16.3 Å². The van der Waals surface area contributed by atoms with E-state index in [1.165, 1.54) is 6.07 Å². The molecular weight excluding hydrogens is 342 g/mol. The topological polar surface area (TPSA) is 98.9 Å². The summed E-state index contributed by atoms with van der Waals surface area (Å²) in [4.78, 5) is -0.244. The standard InChI is InChI=1S/C18H29NO5S/c1-4-7-13(12(3)5-2)16-14(18-23-10-6-11-24-18)8-9-15(17(16)20)25(19,21)22/h8-9,12-13,18,20H,4-7,10-11H2,1-3H3,(H2,19,21,22)/t12-,13-/m0/s1. The van der Waals surface area contributed by atoms with Gasteiger partial charge in [0.25, 0.3) is 0 Å². The first-order valence-corrected chi connectivity index (χ1v) is 10.5. The van der Waals surface area contributed by atoms with Crippen LogP contribution in [0.25, 0.3) is 0 Å². The van der Waals surface area contributed by atoms with Gasteiger partial charge in [-0.25, -0.2) is 13.6 Å². The SMILES string of the molecule is CCC[C@H](c1c(C2OCCCO2)ccc(S(N)(=O)=O)c1O)[C@@H](C)CC. The molecule has 0 aliphatic carbocycles. The molecule has 2 rings (SSSR count). The van der Waals surface area contributed by atoms with Crippen LogP contribution in [0.1, 0.15) is 69.8 Å². The minimum absolute atomic E-state index is 0.000765. The number of sulfonamides is 1. The normalized spacial score (nSPS) is 18.9. The third kappa shape index (κ3) is 4.53. The summed E-state index contributed by atoms with van der Waals surface area (Å²) in [7, 11) is -4.02. The fourth-order valence-corrected chi connectivity index (χ4v) is 4.04. The zero-order valence-electron chi connectivity index (χ0n) is 15.2. The van der Waals surface area contributed by atoms with Crippen LogP contribution < -0.4 is 5.14 Å². The predicted molar refractivity (Wildman–Crippen MR) is 95.8 cm³/mol. The first-order chi connectivity index (χ1) is 11.8. The Labute approximate surface area is 150 Å². The van der Waals surface area contributed by atoms with Crippen molar-refractivity contribution in [1.82, 2.24) is 0 Å². The smallest absolute Gasteiger partial charge is 0.241 e. The molecule has 25 heavy (non-hydrogen) atoms. The van der Waals surface area contributed by atoms with Crippen LogP contribution in [0.4, 0.5) is 0 Å². The summed E-state index contributed by atoms with van der Waals surface area (Å²) >= 11 is 0. The molecule has 0 aromatic heterocycles. The second-order valence-corrected chi connectivity index (χ2v) is 8.20. The Hall–Kier alpha value is -1.15. The van der Waals surface area contributed by atoms with E-state index in [2.05, 4.69) is 20.8 Å². The van der Waals surface area contributed by atoms with Crippen LogP contribution in [0, 0.1) is 5.92 Å². The summed E-state index contributed by atoms with van der Waals surface area (Å²) < 4.78 is 35.2. The number of phenols is 1. The number of hydrogen-bond donors (Lipinski definition) is 2. The number of aromatic hydroxyl groups is 1. The van der Waals surface area contributed by atoms with Crippen molar-refractivity contribution in [2.45, 2.75) is 63.6 Å². The summed E-state index contributed by atoms with van der Waals surface area (Å²) in [5.74, 6) is 0.00118. The molecule has 6 nitrogen and oxygen atoms in total. The van der Waals surface area contributed by atoms with E-state index in [1.807, 2.05) is 0 Å². The number of benzene rings is 1. The van der Waals surface area contributed by atoms with Gasteiger partial charge in [-0.3, -0.25) is 0 Å². The van der Waals surface area contributed by atoms with E-state index in [0.717, 1.165) is 25.7 Å². The van der Waals surface area contributed by atoms with E-state index in [0.29, 0.717) is 24.3 Å². The Morgan fingerprint density at radius 1 is 1.28 bits per heavy atom. The maximum Gasteiger partial charge on any atom is 0.241 e. The van der Waals surface area contributed by atoms with Gasteiger partial charge in [0, 0.05) is 11.1 Å². The number of ether oxygens (including phenoxy) is 2. The highest BCUT2D eigenvalue weighted by Crippen LogP contribution is 2.44. The molecule has 0 radical (unpaired) electrons. The highest BCUT2D eigenvalue weighted by molar-refractivity contribution is 7.89. The molecule has 1 aromatic carbocycles. The van der Waals surface area contributed by atoms with Gasteiger partial charge in [0.2, 0.25) is 10.0 Å². The number of phenolic OH excluding ortho intramolecular Hbond substituents is 1. The van der Waals surface area contributed by atoms with Crippen molar-refractivity contribution in [3.05, 3.63) is 23.3 Å². The quantitative estimate of drug-likeness (QED) is 0.765. The molecule has 1 aliphatic heterocycles. The van der Waals surface area contributed by atoms with E-state index in [4.69, 9.17) is 14.6 Å². The molecule has 7 heteroatoms. The van der Waals surface area contributed by atoms with Crippen molar-refractivity contribution in [3.63, 3.8) is 0 Å². The van der Waals surface area contributed by atoms with Gasteiger partial charge in [0.1, 0.15) is 10.6 Å². The highest BCUT2D eigenvalue weighted by Gasteiger charge is 2.31. The zero-order valence-corrected chi connectivity index (χ0v) is 16.0. The van der Waals surface area contributed by atoms with Crippen LogP contribution in [0.5, 0.6) is 5.75 Å². The lowest BCUT2D eigenvalue weighted by Crippen LogP contribution is -2.22. The number of nitrogens with two attached hydrogens (primary N) is 1. The van der Waals surface area contributed by atoms with Crippen LogP contribution >= 0.6 is 0 Å². The summed E-state index contributed by atoms with van der Waals surface area (Å²) in [5, 5.41) is 16.1. The lowest BCUT2D eigenvalue weighted by atomic mass is 9.79. The molecule has 1 saturated heterocycles. The Kier molecular flexibility index (Phi) is 6.85. The molecule has 1 aromatic rings. The van der Waals surface area contributed by atoms with Crippen LogP contribution in [-0.2, 0) is 19.5 Å². The summed E-state index contributed by atoms with van der Waals surface area (Å²) in [6.07, 6.45) is 2.88. The van der Waals surface area contributed by atoms with Gasteiger partial charge in [-0.1, -0.05) is 39.7 Å². The molecule has 0 saturated carbocycles. The fourth-order valence-electron chi connectivity index (χ4n) is 3.40. The Bertz CT molecular complexity index is 683. The van der Waals surface area contributed by atoms with Gasteiger partial charge in [0.05, 0.1) is 13.2 Å². The molecule has 2 atom stereocenters. The van der Waals surface area contributed by atoms with Crippen LogP contribution in [0.15, 0.2) is 17.0 Å². The second-order valence-electron chi connectivity index (χ2n) is 6.67. The van der Waals surface area contributed by atoms with Crippen molar-refractivity contribution >= 4 is 10.0 Å². The Balaban J connectivity index is 2.64. The third-order valence-electron chi connectivity index (χ3n) is 4.90. The number of primary sulfonamides is 1. The van der Waals surface area contributed by atoms with Gasteiger partial charge in [-0.2, -0.15) is 0 Å². The molecule has 1 aliphatic rings. The molecule has 0 spiro atoms. The van der Waals surface area contributed by atoms with E-state index >= 15 is 0 Å². The number of hydrogen-bond acceptors (Lipinski definition) is 5. The third-order valence-corrected chi connectivity index (χ3v) is 5.85. The summed E-state index contributed by atoms with van der Waals surface area (Å²) in [5.41, 5.74) is 1.29. The monoisotopic (exact) mass is 371 g/mol. The Morgan fingerprint density at radius 3 is 2.44 bits per heavy atom. The predicted octanol–water partition coefficient (Wildman–Crippen LogP) is 3.40. The Morgan fingerprint density at radius 2 is 1.92 bits per heavy atom. The summed E-state index contributed by atoms with van der Waals surface area (Å²) in [6.45, 7) is 7.41. The first kappa shape index (κ1) is 20.2. The maximum absolute atomic E-state index is 11.9. The average molecular weight is 371 g/mol. The molecule has 0 unspecified atom stereocenters. The minimum Gasteiger partial charge on any atom is -0.506 e. The fraction of sp³-hybridized carbons (Fsp3) is 0.667. The highest BCUT2D eigenvalue weighted by atomic mass is 32.2. The molecule has 0 bridgehead atoms. The molecule has 142 valence electrons. The van der Waals surface area contributed by atoms with Crippen molar-refractivity contribution < 1.29 is 23.0 Å². The molecule has 3 N–H and O–H groups in total. The lowest BCUT2D eigenvalue weighted by Gasteiger charge is -2.31. The number of rotatable bonds is 7. The average Bonchev–Trinajstić information content (AvgIpc) is 2.59. The van der Waals surface area contributed by atoms with Gasteiger partial charge >= 0.3 is 0 Å². The van der Waals surface area contributed by atoms with Crippen LogP contribution in [0.2, 0.25) is 0 Å². The minimum atomic E-state index is -4.02. The van der Waals surface area contributed by atoms with Crippen molar-refractivity contribution in [2.75, 3.05) is 13.2 Å². The van der Waals surface area contributed by atoms with Crippen molar-refractivity contribution in [1.29, 1.82) is 0 Å². The molecular formula is C18H29NO5S. The molecule has 0 amide bonds. The van der Waals surface area contributed by atoms with E-state index in [1.54, 1.807) is 6.07 Å². The van der Waals surface area contributed by atoms with Crippen LogP contribution in [-0.4, -0.2) is 26.7 Å². The van der Waals surface area contributed by atoms with Crippen LogP contribution in [0.3, 0.4) is 0 Å². The maximum atomic E-state index is 11.9. The van der Waals surface area contributed by atoms with Crippen molar-refractivity contribution in [2.24, 2.45) is 11.1 Å². The van der Waals surface area contributed by atoms with Crippen molar-refractivity contribution in [3.8, 4) is 5.75 Å². The molecule has 1 fully saturated rings. The zero-order chi connectivity index (χ0) is 18.6. The largest absolute Gasteiger partial charge is 0.506 e. The summed E-state index contributed by atoms with van der Waals surface area (Å²) in [6, 6.07) is 3.00. The van der Waals surface area contributed by atoms with Gasteiger partial charge in [0.15, 0.2) is 6.29 Å². The first-order valence-electron chi connectivity index (χ1n) is 8.92.